The van der Waals surface area contributed by atoms with E-state index in [9.17, 15) is 0 Å². The van der Waals surface area contributed by atoms with Crippen LogP contribution in [0.15, 0.2) is 35.9 Å². The van der Waals surface area contributed by atoms with E-state index in [-0.39, 0.29) is 0 Å². The summed E-state index contributed by atoms with van der Waals surface area (Å²) in [5, 5.41) is 0. The summed E-state index contributed by atoms with van der Waals surface area (Å²) in [5.74, 6) is 0.871. The zero-order valence-corrected chi connectivity index (χ0v) is 7.71. The number of hydrogen-bond donors (Lipinski definition) is 0. The van der Waals surface area contributed by atoms with E-state index in [4.69, 9.17) is 16.3 Å². The Balaban J connectivity index is 2.47. The Kier molecular flexibility index (Phi) is 3.68. The molecule has 64 valence electrons. The maximum absolute atomic E-state index is 5.33. The first-order chi connectivity index (χ1) is 5.83. The minimum Gasteiger partial charge on any atom is -0.490 e. The summed E-state index contributed by atoms with van der Waals surface area (Å²) in [7, 11) is 0. The van der Waals surface area contributed by atoms with Gasteiger partial charge in [0.1, 0.15) is 12.4 Å². The van der Waals surface area contributed by atoms with Gasteiger partial charge in [-0.25, -0.2) is 0 Å². The van der Waals surface area contributed by atoms with Gasteiger partial charge in [-0.2, -0.15) is 0 Å². The van der Waals surface area contributed by atoms with Gasteiger partial charge in [0.25, 0.3) is 0 Å². The summed E-state index contributed by atoms with van der Waals surface area (Å²) in [4.78, 5) is 0. The number of benzene rings is 1. The Bertz CT molecular complexity index is 251. The van der Waals surface area contributed by atoms with E-state index >= 15 is 0 Å². The molecule has 0 N–H and O–H groups in total. The molecule has 12 heavy (non-hydrogen) atoms. The summed E-state index contributed by atoms with van der Waals surface area (Å²) in [5.41, 5.74) is 2.68. The first kappa shape index (κ1) is 9.14. The highest BCUT2D eigenvalue weighted by atomic mass is 35.5. The summed E-state index contributed by atoms with van der Waals surface area (Å²) >= 11 is 5.33. The van der Waals surface area contributed by atoms with Crippen molar-refractivity contribution in [2.75, 3.05) is 6.61 Å². The highest BCUT2D eigenvalue weighted by Gasteiger charge is 1.89. The lowest BCUT2D eigenvalue weighted by molar-refractivity contribution is 0.363. The number of rotatable bonds is 3. The van der Waals surface area contributed by atoms with Gasteiger partial charge in [-0.05, 0) is 25.1 Å². The van der Waals surface area contributed by atoms with Crippen LogP contribution in [-0.4, -0.2) is 6.61 Å². The third-order valence-corrected chi connectivity index (χ3v) is 1.63. The van der Waals surface area contributed by atoms with Gasteiger partial charge in [0.05, 0.1) is 0 Å². The molecule has 0 bridgehead atoms. The van der Waals surface area contributed by atoms with Crippen molar-refractivity contribution < 1.29 is 4.74 Å². The maximum Gasteiger partial charge on any atom is 0.119 e. The lowest BCUT2D eigenvalue weighted by Crippen LogP contribution is -1.92. The van der Waals surface area contributed by atoms with Crippen LogP contribution in [0.5, 0.6) is 5.75 Å². The van der Waals surface area contributed by atoms with Crippen LogP contribution in [0.4, 0.5) is 0 Å². The molecule has 1 aromatic rings. The van der Waals surface area contributed by atoms with Crippen LogP contribution >= 0.6 is 11.6 Å². The van der Waals surface area contributed by atoms with Crippen LogP contribution in [0.1, 0.15) is 5.56 Å². The number of hydrogen-bond acceptors (Lipinski definition) is 1. The van der Waals surface area contributed by atoms with Gasteiger partial charge in [0, 0.05) is 5.54 Å². The fraction of sp³-hybridized carbons (Fsp3) is 0.200. The molecule has 1 rings (SSSR count). The van der Waals surface area contributed by atoms with Crippen molar-refractivity contribution >= 4 is 11.6 Å². The molecule has 0 aliphatic rings. The van der Waals surface area contributed by atoms with Gasteiger partial charge in [-0.3, -0.25) is 0 Å². The van der Waals surface area contributed by atoms with Crippen molar-refractivity contribution in [2.45, 2.75) is 6.92 Å². The summed E-state index contributed by atoms with van der Waals surface area (Å²) in [6.07, 6.45) is 1.75. The molecule has 1 aromatic carbocycles. The van der Waals surface area contributed by atoms with Crippen LogP contribution in [-0.2, 0) is 0 Å². The summed E-state index contributed by atoms with van der Waals surface area (Å²) in [6, 6.07) is 7.91. The Hall–Kier alpha value is -0.950. The fourth-order valence-corrected chi connectivity index (χ4v) is 0.888. The van der Waals surface area contributed by atoms with Crippen molar-refractivity contribution in [3.8, 4) is 5.75 Å². The normalized spacial score (nSPS) is 10.5. The highest BCUT2D eigenvalue weighted by molar-refractivity contribution is 6.25. The Labute approximate surface area is 77.6 Å². The molecule has 0 heterocycles. The largest absolute Gasteiger partial charge is 0.490 e. The molecule has 0 fully saturated rings. The van der Waals surface area contributed by atoms with Crippen LogP contribution in [0.2, 0.25) is 0 Å². The molecule has 0 aliphatic carbocycles. The molecule has 0 spiro atoms. The predicted molar refractivity (Wildman–Crippen MR) is 51.7 cm³/mol. The van der Waals surface area contributed by atoms with E-state index in [1.165, 1.54) is 11.1 Å². The van der Waals surface area contributed by atoms with E-state index in [0.717, 1.165) is 5.75 Å². The second-order valence-corrected chi connectivity index (χ2v) is 2.74. The van der Waals surface area contributed by atoms with Crippen molar-refractivity contribution in [2.24, 2.45) is 0 Å². The lowest BCUT2D eigenvalue weighted by Gasteiger charge is -2.01. The van der Waals surface area contributed by atoms with Crippen LogP contribution in [0.3, 0.4) is 0 Å². The number of halogens is 1. The van der Waals surface area contributed by atoms with Crippen LogP contribution in [0, 0.1) is 6.92 Å². The number of aryl methyl sites for hydroxylation is 1. The van der Waals surface area contributed by atoms with Gasteiger partial charge in [-0.1, -0.05) is 29.3 Å². The van der Waals surface area contributed by atoms with Gasteiger partial charge < -0.3 is 4.74 Å². The predicted octanol–water partition coefficient (Wildman–Crippen LogP) is 3.13. The van der Waals surface area contributed by atoms with Crippen molar-refractivity contribution in [1.82, 2.24) is 0 Å². The van der Waals surface area contributed by atoms with Gasteiger partial charge in [0.2, 0.25) is 0 Å². The molecule has 0 saturated heterocycles. The number of ether oxygens (including phenoxy) is 1. The van der Waals surface area contributed by atoms with Crippen LogP contribution in [0.25, 0.3) is 0 Å². The molecule has 0 aliphatic heterocycles. The Morgan fingerprint density at radius 3 is 2.58 bits per heavy atom. The minimum atomic E-state index is 0.520. The molecule has 2 heteroatoms. The fourth-order valence-electron chi connectivity index (χ4n) is 0.815. The third-order valence-electron chi connectivity index (χ3n) is 1.46. The van der Waals surface area contributed by atoms with E-state index in [0.29, 0.717) is 6.61 Å². The van der Waals surface area contributed by atoms with E-state index in [1.54, 1.807) is 6.08 Å². The van der Waals surface area contributed by atoms with Crippen molar-refractivity contribution in [1.29, 1.82) is 0 Å². The van der Waals surface area contributed by atoms with Crippen molar-refractivity contribution in [3.05, 3.63) is 41.4 Å². The second-order valence-electron chi connectivity index (χ2n) is 2.49. The van der Waals surface area contributed by atoms with Crippen LogP contribution < -0.4 is 4.74 Å². The highest BCUT2D eigenvalue weighted by Crippen LogP contribution is 2.10. The molecule has 0 saturated carbocycles. The van der Waals surface area contributed by atoms with E-state index in [1.807, 2.05) is 31.2 Å². The van der Waals surface area contributed by atoms with Gasteiger partial charge >= 0.3 is 0 Å². The van der Waals surface area contributed by atoms with E-state index < -0.39 is 0 Å². The summed E-state index contributed by atoms with van der Waals surface area (Å²) in [6.45, 7) is 2.56. The molecular weight excluding hydrogens is 172 g/mol. The monoisotopic (exact) mass is 182 g/mol. The molecular formula is C10H11ClO. The average molecular weight is 183 g/mol. The van der Waals surface area contributed by atoms with Crippen molar-refractivity contribution in [3.63, 3.8) is 0 Å². The maximum atomic E-state index is 5.33. The topological polar surface area (TPSA) is 9.23 Å². The summed E-state index contributed by atoms with van der Waals surface area (Å²) < 4.78 is 5.33. The SMILES string of the molecule is Cc1ccc(OC/C=C/Cl)cc1. The molecule has 0 radical (unpaired) electrons. The minimum absolute atomic E-state index is 0.520. The first-order valence-corrected chi connectivity index (χ1v) is 4.21. The molecule has 1 nitrogen and oxygen atoms in total. The second kappa shape index (κ2) is 4.83. The average Bonchev–Trinajstić information content (AvgIpc) is 2.09. The quantitative estimate of drug-likeness (QED) is 0.698. The smallest absolute Gasteiger partial charge is 0.119 e. The lowest BCUT2D eigenvalue weighted by atomic mass is 10.2. The first-order valence-electron chi connectivity index (χ1n) is 3.77. The molecule has 0 atom stereocenters. The third kappa shape index (κ3) is 2.97. The Morgan fingerprint density at radius 1 is 1.33 bits per heavy atom. The zero-order chi connectivity index (χ0) is 8.81. The zero-order valence-electron chi connectivity index (χ0n) is 6.96. The standard InChI is InChI=1S/C10H11ClO/c1-9-3-5-10(6-4-9)12-8-2-7-11/h2-7H,8H2,1H3/b7-2+. The van der Waals surface area contributed by atoms with E-state index in [2.05, 4.69) is 0 Å². The Morgan fingerprint density at radius 2 is 2.00 bits per heavy atom. The molecule has 0 unspecified atom stereocenters. The molecule has 0 aromatic heterocycles. The van der Waals surface area contributed by atoms with Gasteiger partial charge in [0.15, 0.2) is 0 Å². The van der Waals surface area contributed by atoms with Gasteiger partial charge in [-0.15, -0.1) is 0 Å². The molecule has 0 amide bonds.